The third-order valence-electron chi connectivity index (χ3n) is 2.31. The van der Waals surface area contributed by atoms with Crippen LogP contribution < -0.4 is 5.73 Å². The van der Waals surface area contributed by atoms with Gasteiger partial charge in [-0.05, 0) is 50.1 Å². The summed E-state index contributed by atoms with van der Waals surface area (Å²) in [5, 5.41) is 0. The van der Waals surface area contributed by atoms with Crippen molar-refractivity contribution >= 4 is 43.2 Å². The van der Waals surface area contributed by atoms with E-state index in [2.05, 4.69) is 38.8 Å². The van der Waals surface area contributed by atoms with Crippen molar-refractivity contribution in [3.05, 3.63) is 42.9 Å². The Hall–Kier alpha value is -0.100. The smallest absolute Gasteiger partial charge is 0.126 e. The minimum absolute atomic E-state index is 0.187. The molecule has 0 radical (unpaired) electrons. The molecule has 0 amide bonds. The van der Waals surface area contributed by atoms with E-state index in [4.69, 9.17) is 10.2 Å². The zero-order valence-electron chi connectivity index (χ0n) is 8.67. The number of hydrogen-bond donors (Lipinski definition) is 1. The van der Waals surface area contributed by atoms with Crippen LogP contribution in [0.25, 0.3) is 0 Å². The van der Waals surface area contributed by atoms with E-state index in [-0.39, 0.29) is 6.04 Å². The molecule has 1 atom stereocenters. The molecule has 0 bridgehead atoms. The highest BCUT2D eigenvalue weighted by atomic mass is 79.9. The van der Waals surface area contributed by atoms with Gasteiger partial charge in [-0.15, -0.1) is 11.3 Å². The Morgan fingerprint density at radius 2 is 2.19 bits per heavy atom. The Morgan fingerprint density at radius 3 is 2.69 bits per heavy atom. The van der Waals surface area contributed by atoms with Gasteiger partial charge in [-0.1, -0.05) is 6.92 Å². The minimum atomic E-state index is -0.187. The first-order valence-electron chi connectivity index (χ1n) is 4.90. The van der Waals surface area contributed by atoms with Crippen LogP contribution >= 0.6 is 43.2 Å². The first-order chi connectivity index (χ1) is 7.61. The maximum Gasteiger partial charge on any atom is 0.126 e. The van der Waals surface area contributed by atoms with E-state index in [1.54, 1.807) is 11.3 Å². The Morgan fingerprint density at radius 1 is 1.44 bits per heavy atom. The van der Waals surface area contributed by atoms with E-state index in [9.17, 15) is 0 Å². The lowest BCUT2D eigenvalue weighted by atomic mass is 10.2. The molecule has 0 saturated carbocycles. The fraction of sp³-hybridized carbons (Fsp3) is 0.273. The number of rotatable bonds is 3. The van der Waals surface area contributed by atoms with Gasteiger partial charge in [0.2, 0.25) is 0 Å². The number of thiophene rings is 1. The van der Waals surface area contributed by atoms with Gasteiger partial charge in [-0.3, -0.25) is 0 Å². The number of aryl methyl sites for hydroxylation is 1. The molecule has 16 heavy (non-hydrogen) atoms. The van der Waals surface area contributed by atoms with E-state index in [1.807, 2.05) is 18.2 Å². The van der Waals surface area contributed by atoms with Crippen LogP contribution in [-0.4, -0.2) is 0 Å². The molecule has 1 unspecified atom stereocenters. The summed E-state index contributed by atoms with van der Waals surface area (Å²) < 4.78 is 7.74. The molecular formula is C11H11Br2NOS. The molecule has 2 N–H and O–H groups in total. The van der Waals surface area contributed by atoms with Crippen molar-refractivity contribution in [3.63, 3.8) is 0 Å². The van der Waals surface area contributed by atoms with Gasteiger partial charge in [0.25, 0.3) is 0 Å². The lowest BCUT2D eigenvalue weighted by Crippen LogP contribution is -2.08. The second-order valence-corrected chi connectivity index (χ2v) is 6.66. The molecule has 0 fully saturated rings. The van der Waals surface area contributed by atoms with E-state index >= 15 is 0 Å². The first kappa shape index (κ1) is 12.4. The minimum Gasteiger partial charge on any atom is -0.464 e. The SMILES string of the molecule is CCc1ccc(C(N)c2cc(Br)c(Br)s2)o1. The molecule has 86 valence electrons. The van der Waals surface area contributed by atoms with Gasteiger partial charge >= 0.3 is 0 Å². The zero-order valence-corrected chi connectivity index (χ0v) is 12.7. The maximum atomic E-state index is 6.14. The van der Waals surface area contributed by atoms with Crippen molar-refractivity contribution in [2.45, 2.75) is 19.4 Å². The Labute approximate surface area is 115 Å². The molecule has 0 aliphatic rings. The number of hydrogen-bond acceptors (Lipinski definition) is 3. The van der Waals surface area contributed by atoms with Gasteiger partial charge < -0.3 is 10.2 Å². The van der Waals surface area contributed by atoms with Crippen LogP contribution in [0.1, 0.15) is 29.4 Å². The predicted octanol–water partition coefficient (Wildman–Crippen LogP) is 4.48. The van der Waals surface area contributed by atoms with Crippen LogP contribution in [0, 0.1) is 0 Å². The monoisotopic (exact) mass is 363 g/mol. The first-order valence-corrected chi connectivity index (χ1v) is 7.31. The Kier molecular flexibility index (Phi) is 3.89. The zero-order chi connectivity index (χ0) is 11.7. The van der Waals surface area contributed by atoms with Gasteiger partial charge in [0.1, 0.15) is 11.5 Å². The van der Waals surface area contributed by atoms with Crippen molar-refractivity contribution in [1.29, 1.82) is 0 Å². The van der Waals surface area contributed by atoms with Gasteiger partial charge in [-0.2, -0.15) is 0 Å². The highest BCUT2D eigenvalue weighted by Gasteiger charge is 2.16. The standard InChI is InChI=1S/C11H11Br2NOS/c1-2-6-3-4-8(15-6)10(14)9-5-7(12)11(13)16-9/h3-5,10H,2,14H2,1H3. The lowest BCUT2D eigenvalue weighted by Gasteiger charge is -2.05. The van der Waals surface area contributed by atoms with Crippen LogP contribution in [0.2, 0.25) is 0 Å². The lowest BCUT2D eigenvalue weighted by molar-refractivity contribution is 0.455. The summed E-state index contributed by atoms with van der Waals surface area (Å²) >= 11 is 8.53. The molecule has 0 spiro atoms. The molecule has 0 saturated heterocycles. The summed E-state index contributed by atoms with van der Waals surface area (Å²) in [5.41, 5.74) is 6.14. The molecule has 2 nitrogen and oxygen atoms in total. The summed E-state index contributed by atoms with van der Waals surface area (Å²) in [6.45, 7) is 2.06. The second-order valence-electron chi connectivity index (χ2n) is 3.41. The predicted molar refractivity (Wildman–Crippen MR) is 73.8 cm³/mol. The van der Waals surface area contributed by atoms with E-state index in [1.165, 1.54) is 0 Å². The van der Waals surface area contributed by atoms with E-state index in [0.29, 0.717) is 0 Å². The quantitative estimate of drug-likeness (QED) is 0.872. The topological polar surface area (TPSA) is 39.2 Å². The van der Waals surface area contributed by atoms with E-state index in [0.717, 1.165) is 31.1 Å². The average molecular weight is 365 g/mol. The molecule has 0 aliphatic heterocycles. The average Bonchev–Trinajstić information content (AvgIpc) is 2.86. The van der Waals surface area contributed by atoms with Crippen molar-refractivity contribution in [2.24, 2.45) is 5.73 Å². The largest absolute Gasteiger partial charge is 0.464 e. The summed E-state index contributed by atoms with van der Waals surface area (Å²) in [5.74, 6) is 1.79. The molecule has 2 aromatic heterocycles. The molecule has 2 heterocycles. The fourth-order valence-corrected chi connectivity index (χ4v) is 3.51. The van der Waals surface area contributed by atoms with Crippen molar-refractivity contribution in [2.75, 3.05) is 0 Å². The molecule has 5 heteroatoms. The van der Waals surface area contributed by atoms with Crippen LogP contribution in [0.4, 0.5) is 0 Å². The van der Waals surface area contributed by atoms with Crippen molar-refractivity contribution in [1.82, 2.24) is 0 Å². The number of nitrogens with two attached hydrogens (primary N) is 1. The Balaban J connectivity index is 2.27. The van der Waals surface area contributed by atoms with Gasteiger partial charge in [0.15, 0.2) is 0 Å². The van der Waals surface area contributed by atoms with Crippen molar-refractivity contribution in [3.8, 4) is 0 Å². The molecule has 2 aromatic rings. The highest BCUT2D eigenvalue weighted by molar-refractivity contribution is 9.13. The molecule has 0 aromatic carbocycles. The van der Waals surface area contributed by atoms with Gasteiger partial charge in [0.05, 0.1) is 9.83 Å². The highest BCUT2D eigenvalue weighted by Crippen LogP contribution is 2.36. The normalized spacial score (nSPS) is 13.0. The second kappa shape index (κ2) is 5.04. The van der Waals surface area contributed by atoms with Gasteiger partial charge in [0, 0.05) is 15.8 Å². The van der Waals surface area contributed by atoms with Crippen LogP contribution in [-0.2, 0) is 6.42 Å². The van der Waals surface area contributed by atoms with Crippen molar-refractivity contribution < 1.29 is 4.42 Å². The fourth-order valence-electron chi connectivity index (χ4n) is 1.41. The van der Waals surface area contributed by atoms with Crippen LogP contribution in [0.15, 0.2) is 30.9 Å². The summed E-state index contributed by atoms with van der Waals surface area (Å²) in [7, 11) is 0. The summed E-state index contributed by atoms with van der Waals surface area (Å²) in [6.07, 6.45) is 0.893. The molecular weight excluding hydrogens is 354 g/mol. The summed E-state index contributed by atoms with van der Waals surface area (Å²) in [4.78, 5) is 1.08. The van der Waals surface area contributed by atoms with Crippen LogP contribution in [0.3, 0.4) is 0 Å². The van der Waals surface area contributed by atoms with Crippen LogP contribution in [0.5, 0.6) is 0 Å². The number of halogens is 2. The number of furan rings is 1. The molecule has 0 aliphatic carbocycles. The Bertz CT molecular complexity index is 472. The maximum absolute atomic E-state index is 6.14. The third-order valence-corrected chi connectivity index (χ3v) is 5.65. The summed E-state index contributed by atoms with van der Waals surface area (Å²) in [6, 6.07) is 5.76. The van der Waals surface area contributed by atoms with E-state index < -0.39 is 0 Å². The third kappa shape index (κ3) is 2.42. The van der Waals surface area contributed by atoms with Gasteiger partial charge in [-0.25, -0.2) is 0 Å². The molecule has 2 rings (SSSR count).